The molecule has 0 saturated heterocycles. The standard InChI is InChI=1S/C22H21Cl2N5O3/c23-15-8-4-13(5-9-15)17-12-18(14-6-10-16(24)11-7-14)29-22(25-17)27-21(28-29)26-19(30)2-1-3-20(31)32/h4-11,17-18H,1-3,12H2,(H,31,32)(H2,25,26,27,28,30)/p-1/t17-,18-/m0/s1. The SMILES string of the molecule is O=C([O-])CCCC(=O)Nc1nc2n(n1)[C@H](c1ccc(Cl)cc1)C[C@@H](c1ccc(Cl)cc1)N2. The van der Waals surface area contributed by atoms with E-state index in [1.165, 1.54) is 0 Å². The zero-order valence-corrected chi connectivity index (χ0v) is 18.4. The second-order valence-electron chi connectivity index (χ2n) is 7.53. The van der Waals surface area contributed by atoms with Crippen molar-refractivity contribution in [2.45, 2.75) is 37.8 Å². The van der Waals surface area contributed by atoms with Crippen LogP contribution in [0, 0.1) is 0 Å². The van der Waals surface area contributed by atoms with E-state index in [1.54, 1.807) is 4.68 Å². The molecule has 2 N–H and O–H groups in total. The van der Waals surface area contributed by atoms with E-state index in [0.717, 1.165) is 11.1 Å². The number of hydrogen-bond donors (Lipinski definition) is 2. The summed E-state index contributed by atoms with van der Waals surface area (Å²) >= 11 is 12.1. The van der Waals surface area contributed by atoms with E-state index >= 15 is 0 Å². The predicted octanol–water partition coefficient (Wildman–Crippen LogP) is 3.59. The normalized spacial score (nSPS) is 17.3. The van der Waals surface area contributed by atoms with Crippen LogP contribution in [0.25, 0.3) is 0 Å². The first kappa shape index (κ1) is 22.1. The van der Waals surface area contributed by atoms with Gasteiger partial charge < -0.3 is 15.2 Å². The van der Waals surface area contributed by atoms with Crippen molar-refractivity contribution in [3.8, 4) is 0 Å². The molecule has 2 aromatic carbocycles. The Kier molecular flexibility index (Phi) is 6.62. The predicted molar refractivity (Wildman–Crippen MR) is 120 cm³/mol. The summed E-state index contributed by atoms with van der Waals surface area (Å²) in [5, 5.41) is 22.3. The van der Waals surface area contributed by atoms with Gasteiger partial charge in [0, 0.05) is 22.4 Å². The smallest absolute Gasteiger partial charge is 0.250 e. The monoisotopic (exact) mass is 472 g/mol. The molecule has 32 heavy (non-hydrogen) atoms. The van der Waals surface area contributed by atoms with E-state index in [4.69, 9.17) is 23.2 Å². The summed E-state index contributed by atoms with van der Waals surface area (Å²) in [6.45, 7) is 0. The Balaban J connectivity index is 1.59. The lowest BCUT2D eigenvalue weighted by atomic mass is 9.93. The number of nitrogens with one attached hydrogen (secondary N) is 2. The number of aromatic nitrogens is 3. The molecule has 0 unspecified atom stereocenters. The second kappa shape index (κ2) is 9.58. The highest BCUT2D eigenvalue weighted by molar-refractivity contribution is 6.30. The second-order valence-corrected chi connectivity index (χ2v) is 8.40. The van der Waals surface area contributed by atoms with E-state index in [1.807, 2.05) is 48.5 Å². The van der Waals surface area contributed by atoms with Gasteiger partial charge in [-0.05, 0) is 54.7 Å². The number of amides is 1. The molecule has 3 aromatic rings. The van der Waals surface area contributed by atoms with Gasteiger partial charge in [-0.15, -0.1) is 5.10 Å². The summed E-state index contributed by atoms with van der Waals surface area (Å²) in [7, 11) is 0. The number of carbonyl (C=O) groups excluding carboxylic acids is 2. The van der Waals surface area contributed by atoms with Crippen molar-refractivity contribution >= 4 is 47.0 Å². The van der Waals surface area contributed by atoms with E-state index in [0.29, 0.717) is 22.4 Å². The molecule has 0 aliphatic carbocycles. The van der Waals surface area contributed by atoms with Crippen LogP contribution in [0.1, 0.15) is 48.9 Å². The maximum absolute atomic E-state index is 12.2. The Labute approximate surface area is 194 Å². The number of fused-ring (bicyclic) bond motifs is 1. The molecule has 0 bridgehead atoms. The summed E-state index contributed by atoms with van der Waals surface area (Å²) in [6.07, 6.45) is 0.743. The van der Waals surface area contributed by atoms with E-state index in [9.17, 15) is 14.7 Å². The minimum absolute atomic E-state index is 0.0410. The van der Waals surface area contributed by atoms with Crippen LogP contribution in [0.2, 0.25) is 10.0 Å². The van der Waals surface area contributed by atoms with Crippen molar-refractivity contribution in [2.24, 2.45) is 0 Å². The van der Waals surface area contributed by atoms with Gasteiger partial charge in [0.05, 0.1) is 12.1 Å². The maximum Gasteiger partial charge on any atom is 0.250 e. The van der Waals surface area contributed by atoms with Crippen LogP contribution >= 0.6 is 23.2 Å². The number of hydrogen-bond acceptors (Lipinski definition) is 6. The minimum Gasteiger partial charge on any atom is -0.550 e. The number of carboxylic acid groups (broad SMARTS) is 1. The molecule has 2 heterocycles. The van der Waals surface area contributed by atoms with E-state index in [2.05, 4.69) is 20.7 Å². The van der Waals surface area contributed by atoms with Crippen LogP contribution in [0.5, 0.6) is 0 Å². The quantitative estimate of drug-likeness (QED) is 0.543. The molecule has 1 aromatic heterocycles. The number of benzene rings is 2. The van der Waals surface area contributed by atoms with Gasteiger partial charge in [-0.1, -0.05) is 47.5 Å². The first-order valence-corrected chi connectivity index (χ1v) is 10.9. The maximum atomic E-state index is 12.2. The lowest BCUT2D eigenvalue weighted by Crippen LogP contribution is -2.28. The molecule has 0 saturated carbocycles. The Bertz CT molecular complexity index is 1120. The highest BCUT2D eigenvalue weighted by Gasteiger charge is 2.31. The third-order valence-electron chi connectivity index (χ3n) is 5.25. The number of anilines is 2. The molecule has 1 amide bonds. The average Bonchev–Trinajstić information content (AvgIpc) is 3.16. The third kappa shape index (κ3) is 5.20. The number of halogens is 2. The molecular weight excluding hydrogens is 453 g/mol. The van der Waals surface area contributed by atoms with Gasteiger partial charge in [0.25, 0.3) is 5.95 Å². The fraction of sp³-hybridized carbons (Fsp3) is 0.273. The van der Waals surface area contributed by atoms with Crippen molar-refractivity contribution in [2.75, 3.05) is 10.6 Å². The van der Waals surface area contributed by atoms with E-state index in [-0.39, 0.29) is 43.2 Å². The largest absolute Gasteiger partial charge is 0.550 e. The van der Waals surface area contributed by atoms with Crippen LogP contribution in [0.3, 0.4) is 0 Å². The number of rotatable bonds is 7. The van der Waals surface area contributed by atoms with Crippen molar-refractivity contribution in [1.29, 1.82) is 0 Å². The summed E-state index contributed by atoms with van der Waals surface area (Å²) in [5.74, 6) is -0.869. The minimum atomic E-state index is -1.18. The summed E-state index contributed by atoms with van der Waals surface area (Å²) in [4.78, 5) is 27.1. The molecule has 8 nitrogen and oxygen atoms in total. The van der Waals surface area contributed by atoms with Gasteiger partial charge in [-0.3, -0.25) is 10.1 Å². The Morgan fingerprint density at radius 3 is 2.28 bits per heavy atom. The molecule has 166 valence electrons. The van der Waals surface area contributed by atoms with Crippen molar-refractivity contribution in [1.82, 2.24) is 14.8 Å². The fourth-order valence-corrected chi connectivity index (χ4v) is 3.94. The van der Waals surface area contributed by atoms with Crippen LogP contribution in [-0.4, -0.2) is 26.6 Å². The Morgan fingerprint density at radius 2 is 1.66 bits per heavy atom. The number of carboxylic acids is 1. The molecule has 2 atom stereocenters. The van der Waals surface area contributed by atoms with Gasteiger partial charge in [0.1, 0.15) is 0 Å². The zero-order valence-electron chi connectivity index (χ0n) is 16.9. The Morgan fingerprint density at radius 1 is 1.03 bits per heavy atom. The summed E-state index contributed by atoms with van der Waals surface area (Å²) in [6, 6.07) is 15.0. The van der Waals surface area contributed by atoms with Crippen molar-refractivity contribution in [3.05, 3.63) is 69.7 Å². The van der Waals surface area contributed by atoms with Crippen LogP contribution < -0.4 is 15.7 Å². The molecule has 1 aliphatic heterocycles. The Hall–Kier alpha value is -3.10. The summed E-state index contributed by atoms with van der Waals surface area (Å²) < 4.78 is 1.74. The van der Waals surface area contributed by atoms with Crippen molar-refractivity contribution in [3.63, 3.8) is 0 Å². The molecular formula is C22H20Cl2N5O3-. The number of aliphatic carboxylic acids is 1. The zero-order chi connectivity index (χ0) is 22.7. The highest BCUT2D eigenvalue weighted by atomic mass is 35.5. The fourth-order valence-electron chi connectivity index (χ4n) is 3.69. The summed E-state index contributed by atoms with van der Waals surface area (Å²) in [5.41, 5.74) is 2.06. The van der Waals surface area contributed by atoms with Crippen LogP contribution in [-0.2, 0) is 9.59 Å². The van der Waals surface area contributed by atoms with Gasteiger partial charge in [0.2, 0.25) is 11.9 Å². The number of carbonyl (C=O) groups is 2. The molecule has 0 fully saturated rings. The topological polar surface area (TPSA) is 112 Å². The highest BCUT2D eigenvalue weighted by Crippen LogP contribution is 2.38. The first-order chi connectivity index (χ1) is 15.4. The molecule has 10 heteroatoms. The van der Waals surface area contributed by atoms with Crippen molar-refractivity contribution < 1.29 is 14.7 Å². The first-order valence-electron chi connectivity index (χ1n) is 10.1. The number of nitrogens with zero attached hydrogens (tertiary/aromatic N) is 3. The molecule has 4 rings (SSSR count). The van der Waals surface area contributed by atoms with Crippen LogP contribution in [0.4, 0.5) is 11.9 Å². The third-order valence-corrected chi connectivity index (χ3v) is 5.76. The molecule has 0 spiro atoms. The average molecular weight is 473 g/mol. The van der Waals surface area contributed by atoms with E-state index < -0.39 is 5.97 Å². The van der Waals surface area contributed by atoms with Gasteiger partial charge in [-0.2, -0.15) is 4.98 Å². The lowest BCUT2D eigenvalue weighted by molar-refractivity contribution is -0.305. The molecule has 1 aliphatic rings. The van der Waals surface area contributed by atoms with Gasteiger partial charge >= 0.3 is 0 Å². The lowest BCUT2D eigenvalue weighted by Gasteiger charge is -2.31. The van der Waals surface area contributed by atoms with Crippen LogP contribution in [0.15, 0.2) is 48.5 Å². The van der Waals surface area contributed by atoms with Gasteiger partial charge in [0.15, 0.2) is 0 Å². The molecule has 0 radical (unpaired) electrons. The van der Waals surface area contributed by atoms with Gasteiger partial charge in [-0.25, -0.2) is 4.68 Å².